The number of carbonyl (C=O) groups excluding carboxylic acids is 1. The van der Waals surface area contributed by atoms with Gasteiger partial charge in [-0.1, -0.05) is 0 Å². The average Bonchev–Trinajstić information content (AvgIpc) is 2.64. The van der Waals surface area contributed by atoms with E-state index in [2.05, 4.69) is 5.32 Å². The molecule has 0 aliphatic heterocycles. The Morgan fingerprint density at radius 3 is 2.65 bits per heavy atom. The predicted molar refractivity (Wildman–Crippen MR) is 62.6 cm³/mol. The Morgan fingerprint density at radius 1 is 1.41 bits per heavy atom. The summed E-state index contributed by atoms with van der Waals surface area (Å²) in [5, 5.41) is 20.6. The van der Waals surface area contributed by atoms with E-state index < -0.39 is 18.0 Å². The molecule has 0 aliphatic rings. The van der Waals surface area contributed by atoms with E-state index in [-0.39, 0.29) is 13.0 Å². The first-order valence-electron chi connectivity index (χ1n) is 4.96. The molecule has 17 heavy (non-hydrogen) atoms. The lowest BCUT2D eigenvalue weighted by molar-refractivity contribution is -0.136. The van der Waals surface area contributed by atoms with Crippen molar-refractivity contribution in [2.45, 2.75) is 19.1 Å². The van der Waals surface area contributed by atoms with Crippen LogP contribution in [-0.4, -0.2) is 34.7 Å². The Kier molecular flexibility index (Phi) is 5.08. The van der Waals surface area contributed by atoms with E-state index in [1.165, 1.54) is 11.3 Å². The number of amides is 1. The van der Waals surface area contributed by atoms with Crippen molar-refractivity contribution >= 4 is 23.2 Å². The molecule has 0 bridgehead atoms. The molecule has 0 radical (unpaired) electrons. The van der Waals surface area contributed by atoms with E-state index in [0.29, 0.717) is 6.54 Å². The molecule has 6 nitrogen and oxygen atoms in total. The van der Waals surface area contributed by atoms with E-state index in [9.17, 15) is 9.59 Å². The summed E-state index contributed by atoms with van der Waals surface area (Å²) in [6.07, 6.45) is -1.19. The minimum absolute atomic E-state index is 0.00851. The summed E-state index contributed by atoms with van der Waals surface area (Å²) >= 11 is 1.38. The van der Waals surface area contributed by atoms with Gasteiger partial charge in [0.05, 0.1) is 6.42 Å². The minimum atomic E-state index is -1.20. The van der Waals surface area contributed by atoms with Crippen molar-refractivity contribution in [2.75, 3.05) is 6.54 Å². The standard InChI is InChI=1S/C10H14N2O4S/c11-10(16)8(13)5-12-4-7-2-1-6(17-7)3-9(14)15/h1-2,8,12-13H,3-5H2,(H2,11,16)(H,14,15). The molecule has 5 N–H and O–H groups in total. The van der Waals surface area contributed by atoms with E-state index in [1.54, 1.807) is 6.07 Å². The van der Waals surface area contributed by atoms with Gasteiger partial charge in [-0.15, -0.1) is 11.3 Å². The van der Waals surface area contributed by atoms with Crippen LogP contribution in [0.1, 0.15) is 9.75 Å². The van der Waals surface area contributed by atoms with Gasteiger partial charge in [-0.3, -0.25) is 9.59 Å². The highest BCUT2D eigenvalue weighted by Gasteiger charge is 2.10. The molecule has 1 atom stereocenters. The molecule has 1 unspecified atom stereocenters. The smallest absolute Gasteiger partial charge is 0.308 e. The van der Waals surface area contributed by atoms with Gasteiger partial charge < -0.3 is 21.3 Å². The maximum atomic E-state index is 10.5. The van der Waals surface area contributed by atoms with Gasteiger partial charge in [0.15, 0.2) is 0 Å². The number of nitrogens with two attached hydrogens (primary N) is 1. The first-order valence-corrected chi connectivity index (χ1v) is 5.78. The normalized spacial score (nSPS) is 12.3. The SMILES string of the molecule is NC(=O)C(O)CNCc1ccc(CC(=O)O)s1. The molecular formula is C10H14N2O4S. The third kappa shape index (κ3) is 4.94. The largest absolute Gasteiger partial charge is 0.481 e. The maximum Gasteiger partial charge on any atom is 0.308 e. The number of rotatable bonds is 7. The van der Waals surface area contributed by atoms with Crippen LogP contribution < -0.4 is 11.1 Å². The fourth-order valence-corrected chi connectivity index (χ4v) is 2.17. The van der Waals surface area contributed by atoms with Crippen LogP contribution in [-0.2, 0) is 22.6 Å². The quantitative estimate of drug-likeness (QED) is 0.517. The minimum Gasteiger partial charge on any atom is -0.481 e. The second kappa shape index (κ2) is 6.33. The zero-order chi connectivity index (χ0) is 12.8. The zero-order valence-electron chi connectivity index (χ0n) is 9.05. The number of hydrogen-bond acceptors (Lipinski definition) is 5. The topological polar surface area (TPSA) is 113 Å². The van der Waals surface area contributed by atoms with Crippen molar-refractivity contribution in [1.82, 2.24) is 5.32 Å². The molecule has 7 heteroatoms. The fourth-order valence-electron chi connectivity index (χ4n) is 1.19. The van der Waals surface area contributed by atoms with Gasteiger partial charge in [0.1, 0.15) is 6.10 Å². The van der Waals surface area contributed by atoms with E-state index in [4.69, 9.17) is 15.9 Å². The van der Waals surface area contributed by atoms with Gasteiger partial charge >= 0.3 is 5.97 Å². The Hall–Kier alpha value is -1.44. The molecule has 0 aromatic carbocycles. The summed E-state index contributed by atoms with van der Waals surface area (Å²) in [5.41, 5.74) is 4.88. The molecule has 0 aliphatic carbocycles. The van der Waals surface area contributed by atoms with Gasteiger partial charge in [-0.25, -0.2) is 0 Å². The molecule has 1 amide bonds. The molecule has 1 aromatic rings. The summed E-state index contributed by atoms with van der Waals surface area (Å²) in [6, 6.07) is 3.56. The Balaban J connectivity index is 2.34. The number of carbonyl (C=O) groups is 2. The lowest BCUT2D eigenvalue weighted by Gasteiger charge is -2.06. The molecule has 1 rings (SSSR count). The van der Waals surface area contributed by atoms with E-state index in [0.717, 1.165) is 9.75 Å². The maximum absolute atomic E-state index is 10.5. The Labute approximate surface area is 102 Å². The van der Waals surface area contributed by atoms with Crippen LogP contribution in [0, 0.1) is 0 Å². The fraction of sp³-hybridized carbons (Fsp3) is 0.400. The van der Waals surface area contributed by atoms with Crippen LogP contribution in [0.3, 0.4) is 0 Å². The van der Waals surface area contributed by atoms with Crippen molar-refractivity contribution in [3.63, 3.8) is 0 Å². The first-order chi connectivity index (χ1) is 7.99. The van der Waals surface area contributed by atoms with Crippen LogP contribution >= 0.6 is 11.3 Å². The number of hydrogen-bond donors (Lipinski definition) is 4. The number of primary amides is 1. The number of carboxylic acid groups (broad SMARTS) is 1. The third-order valence-corrected chi connectivity index (χ3v) is 3.09. The monoisotopic (exact) mass is 258 g/mol. The summed E-state index contributed by atoms with van der Waals surface area (Å²) in [5.74, 6) is -1.63. The number of nitrogens with one attached hydrogen (secondary N) is 1. The summed E-state index contributed by atoms with van der Waals surface area (Å²) < 4.78 is 0. The number of thiophene rings is 1. The highest BCUT2D eigenvalue weighted by molar-refractivity contribution is 7.12. The highest BCUT2D eigenvalue weighted by Crippen LogP contribution is 2.16. The number of aliphatic carboxylic acids is 1. The van der Waals surface area contributed by atoms with Crippen LogP contribution in [0.25, 0.3) is 0 Å². The second-order valence-corrected chi connectivity index (χ2v) is 4.74. The van der Waals surface area contributed by atoms with Crippen LogP contribution in [0.5, 0.6) is 0 Å². The lowest BCUT2D eigenvalue weighted by Crippen LogP contribution is -2.37. The Bertz CT molecular complexity index is 405. The van der Waals surface area contributed by atoms with Crippen molar-refractivity contribution in [1.29, 1.82) is 0 Å². The molecule has 0 saturated heterocycles. The molecule has 0 saturated carbocycles. The molecule has 1 aromatic heterocycles. The van der Waals surface area contributed by atoms with Gasteiger partial charge in [-0.2, -0.15) is 0 Å². The number of aliphatic hydroxyl groups is 1. The second-order valence-electron chi connectivity index (χ2n) is 3.49. The van der Waals surface area contributed by atoms with Crippen molar-refractivity contribution in [3.8, 4) is 0 Å². The van der Waals surface area contributed by atoms with Crippen LogP contribution in [0.15, 0.2) is 12.1 Å². The van der Waals surface area contributed by atoms with Crippen LogP contribution in [0.4, 0.5) is 0 Å². The van der Waals surface area contributed by atoms with E-state index in [1.807, 2.05) is 6.07 Å². The predicted octanol–water partition coefficient (Wildman–Crippen LogP) is -0.689. The van der Waals surface area contributed by atoms with Gasteiger partial charge in [0.25, 0.3) is 0 Å². The molecule has 94 valence electrons. The summed E-state index contributed by atoms with van der Waals surface area (Å²) in [7, 11) is 0. The van der Waals surface area contributed by atoms with Crippen molar-refractivity contribution < 1.29 is 19.8 Å². The molecule has 0 spiro atoms. The van der Waals surface area contributed by atoms with Gasteiger partial charge in [0, 0.05) is 22.8 Å². The molecule has 0 fully saturated rings. The molecular weight excluding hydrogens is 244 g/mol. The zero-order valence-corrected chi connectivity index (χ0v) is 9.87. The van der Waals surface area contributed by atoms with Gasteiger partial charge in [0.2, 0.25) is 5.91 Å². The third-order valence-electron chi connectivity index (χ3n) is 2.01. The Morgan fingerprint density at radius 2 is 2.06 bits per heavy atom. The summed E-state index contributed by atoms with van der Waals surface area (Å²) in [4.78, 5) is 22.7. The average molecular weight is 258 g/mol. The van der Waals surface area contributed by atoms with E-state index >= 15 is 0 Å². The van der Waals surface area contributed by atoms with Crippen molar-refractivity contribution in [3.05, 3.63) is 21.9 Å². The molecule has 1 heterocycles. The number of carboxylic acids is 1. The number of aliphatic hydroxyl groups excluding tert-OH is 1. The lowest BCUT2D eigenvalue weighted by atomic mass is 10.3. The van der Waals surface area contributed by atoms with Gasteiger partial charge in [-0.05, 0) is 12.1 Å². The van der Waals surface area contributed by atoms with Crippen molar-refractivity contribution in [2.24, 2.45) is 5.73 Å². The summed E-state index contributed by atoms with van der Waals surface area (Å²) in [6.45, 7) is 0.552. The highest BCUT2D eigenvalue weighted by atomic mass is 32.1. The van der Waals surface area contributed by atoms with Crippen LogP contribution in [0.2, 0.25) is 0 Å². The first kappa shape index (κ1) is 13.6.